The zero-order chi connectivity index (χ0) is 14.2. The van der Waals surface area contributed by atoms with Gasteiger partial charge in [-0.15, -0.1) is 0 Å². The molecule has 0 saturated carbocycles. The lowest BCUT2D eigenvalue weighted by molar-refractivity contribution is -0.141. The minimum Gasteiger partial charge on any atom is -0.480 e. The van der Waals surface area contributed by atoms with Gasteiger partial charge in [0.05, 0.1) is 6.20 Å². The Morgan fingerprint density at radius 2 is 2.16 bits per heavy atom. The topological polar surface area (TPSA) is 87.8 Å². The smallest absolute Gasteiger partial charge is 0.326 e. The number of likely N-dealkylation sites (N-methyl/N-ethyl adjacent to an activating group) is 1. The largest absolute Gasteiger partial charge is 0.480 e. The Bertz CT molecular complexity index is 649. The summed E-state index contributed by atoms with van der Waals surface area (Å²) in [6, 6.07) is 0.866. The van der Waals surface area contributed by atoms with Crippen molar-refractivity contribution in [2.45, 2.75) is 19.9 Å². The van der Waals surface area contributed by atoms with Gasteiger partial charge < -0.3 is 10.0 Å². The van der Waals surface area contributed by atoms with E-state index in [4.69, 9.17) is 5.11 Å². The summed E-state index contributed by atoms with van der Waals surface area (Å²) in [7, 11) is 1.44. The summed E-state index contributed by atoms with van der Waals surface area (Å²) >= 11 is 0. The van der Waals surface area contributed by atoms with Crippen LogP contribution in [0, 0.1) is 6.92 Å². The fraction of sp³-hybridized carbons (Fsp3) is 0.333. The standard InChI is InChI=1S/C12H14N4O3/c1-7-4-5-16-10(14-7)9(6-13-16)11(17)15(3)8(2)12(18)19/h4-6,8H,1-3H3,(H,18,19). The molecule has 0 spiro atoms. The van der Waals surface area contributed by atoms with Gasteiger partial charge >= 0.3 is 5.97 Å². The molecule has 2 rings (SSSR count). The fourth-order valence-electron chi connectivity index (χ4n) is 1.64. The molecule has 0 radical (unpaired) electrons. The SMILES string of the molecule is Cc1ccn2ncc(C(=O)N(C)C(C)C(=O)O)c2n1. The molecule has 2 heterocycles. The van der Waals surface area contributed by atoms with Gasteiger partial charge in [0.1, 0.15) is 11.6 Å². The summed E-state index contributed by atoms with van der Waals surface area (Å²) in [5.41, 5.74) is 1.48. The van der Waals surface area contributed by atoms with E-state index in [0.717, 1.165) is 10.6 Å². The predicted molar refractivity (Wildman–Crippen MR) is 66.9 cm³/mol. The molecule has 1 N–H and O–H groups in total. The van der Waals surface area contributed by atoms with E-state index in [0.29, 0.717) is 11.2 Å². The van der Waals surface area contributed by atoms with Crippen LogP contribution in [0.1, 0.15) is 23.0 Å². The number of carbonyl (C=O) groups is 2. The molecule has 7 heteroatoms. The first-order chi connectivity index (χ1) is 8.91. The number of aliphatic carboxylic acids is 1. The van der Waals surface area contributed by atoms with Crippen molar-refractivity contribution in [3.8, 4) is 0 Å². The van der Waals surface area contributed by atoms with E-state index in [1.165, 1.54) is 24.7 Å². The second kappa shape index (κ2) is 4.68. The number of rotatable bonds is 3. The van der Waals surface area contributed by atoms with E-state index >= 15 is 0 Å². The third-order valence-electron chi connectivity index (χ3n) is 3.00. The van der Waals surface area contributed by atoms with Crippen LogP contribution in [-0.2, 0) is 4.79 Å². The Labute approximate surface area is 109 Å². The Hall–Kier alpha value is -2.44. The molecule has 0 bridgehead atoms. The molecule has 1 atom stereocenters. The number of carboxylic acid groups (broad SMARTS) is 1. The van der Waals surface area contributed by atoms with Crippen molar-refractivity contribution in [1.82, 2.24) is 19.5 Å². The van der Waals surface area contributed by atoms with E-state index in [9.17, 15) is 9.59 Å². The molecule has 0 aliphatic heterocycles. The van der Waals surface area contributed by atoms with E-state index in [1.807, 2.05) is 6.92 Å². The maximum absolute atomic E-state index is 12.2. The third-order valence-corrected chi connectivity index (χ3v) is 3.00. The molecule has 0 aromatic carbocycles. The first-order valence-electron chi connectivity index (χ1n) is 5.72. The maximum atomic E-state index is 12.2. The summed E-state index contributed by atoms with van der Waals surface area (Å²) in [5.74, 6) is -1.47. The quantitative estimate of drug-likeness (QED) is 0.874. The van der Waals surface area contributed by atoms with E-state index in [1.54, 1.807) is 12.3 Å². The van der Waals surface area contributed by atoms with Gasteiger partial charge in [0.25, 0.3) is 5.91 Å². The number of amides is 1. The highest BCUT2D eigenvalue weighted by Gasteiger charge is 2.25. The van der Waals surface area contributed by atoms with Gasteiger partial charge in [-0.1, -0.05) is 0 Å². The molecule has 100 valence electrons. The van der Waals surface area contributed by atoms with Crippen LogP contribution in [0.4, 0.5) is 0 Å². The van der Waals surface area contributed by atoms with Gasteiger partial charge in [0.15, 0.2) is 5.65 Å². The number of hydrogen-bond donors (Lipinski definition) is 1. The number of carbonyl (C=O) groups excluding carboxylic acids is 1. The number of aromatic nitrogens is 3. The summed E-state index contributed by atoms with van der Waals surface area (Å²) in [4.78, 5) is 28.6. The summed E-state index contributed by atoms with van der Waals surface area (Å²) in [6.07, 6.45) is 3.10. The van der Waals surface area contributed by atoms with Crippen LogP contribution in [0.25, 0.3) is 5.65 Å². The van der Waals surface area contributed by atoms with Crippen molar-refractivity contribution in [3.05, 3.63) is 29.7 Å². The molecule has 0 fully saturated rings. The zero-order valence-corrected chi connectivity index (χ0v) is 10.9. The second-order valence-corrected chi connectivity index (χ2v) is 4.33. The van der Waals surface area contributed by atoms with Crippen LogP contribution in [0.3, 0.4) is 0 Å². The molecule has 1 unspecified atom stereocenters. The Morgan fingerprint density at radius 1 is 1.47 bits per heavy atom. The predicted octanol–water partition coefficient (Wildman–Crippen LogP) is 0.583. The molecule has 0 aliphatic carbocycles. The zero-order valence-electron chi connectivity index (χ0n) is 10.9. The summed E-state index contributed by atoms with van der Waals surface area (Å²) < 4.78 is 1.49. The lowest BCUT2D eigenvalue weighted by atomic mass is 10.2. The van der Waals surface area contributed by atoms with Gasteiger partial charge in [-0.05, 0) is 19.9 Å². The minimum absolute atomic E-state index is 0.291. The molecule has 0 aliphatic rings. The lowest BCUT2D eigenvalue weighted by Gasteiger charge is -2.20. The average molecular weight is 262 g/mol. The Morgan fingerprint density at radius 3 is 2.79 bits per heavy atom. The number of nitrogens with zero attached hydrogens (tertiary/aromatic N) is 4. The molecular formula is C12H14N4O3. The van der Waals surface area contributed by atoms with Crippen LogP contribution in [0.2, 0.25) is 0 Å². The van der Waals surface area contributed by atoms with Gasteiger partial charge in [-0.3, -0.25) is 4.79 Å². The highest BCUT2D eigenvalue weighted by atomic mass is 16.4. The van der Waals surface area contributed by atoms with E-state index in [-0.39, 0.29) is 0 Å². The highest BCUT2D eigenvalue weighted by molar-refractivity contribution is 6.01. The molecule has 2 aromatic rings. The molecule has 2 aromatic heterocycles. The average Bonchev–Trinajstić information content (AvgIpc) is 2.78. The fourth-order valence-corrected chi connectivity index (χ4v) is 1.64. The Kier molecular flexibility index (Phi) is 3.20. The highest BCUT2D eigenvalue weighted by Crippen LogP contribution is 2.12. The van der Waals surface area contributed by atoms with Crippen LogP contribution in [-0.4, -0.2) is 49.6 Å². The summed E-state index contributed by atoms with van der Waals surface area (Å²) in [5, 5.41) is 13.0. The summed E-state index contributed by atoms with van der Waals surface area (Å²) in [6.45, 7) is 3.26. The normalized spacial score (nSPS) is 12.4. The Balaban J connectivity index is 2.41. The molecule has 0 saturated heterocycles. The van der Waals surface area contributed by atoms with Crippen molar-refractivity contribution in [3.63, 3.8) is 0 Å². The van der Waals surface area contributed by atoms with E-state index < -0.39 is 17.9 Å². The van der Waals surface area contributed by atoms with Gasteiger partial charge in [0.2, 0.25) is 0 Å². The number of carboxylic acids is 1. The first kappa shape index (κ1) is 13.0. The minimum atomic E-state index is -1.06. The van der Waals surface area contributed by atoms with Gasteiger partial charge in [-0.25, -0.2) is 14.3 Å². The van der Waals surface area contributed by atoms with E-state index in [2.05, 4.69) is 10.1 Å². The molecule has 19 heavy (non-hydrogen) atoms. The van der Waals surface area contributed by atoms with Crippen LogP contribution in [0.5, 0.6) is 0 Å². The number of aryl methyl sites for hydroxylation is 1. The van der Waals surface area contributed by atoms with Crippen molar-refractivity contribution >= 4 is 17.5 Å². The maximum Gasteiger partial charge on any atom is 0.326 e. The third kappa shape index (κ3) is 2.26. The van der Waals surface area contributed by atoms with Crippen molar-refractivity contribution in [2.24, 2.45) is 0 Å². The van der Waals surface area contributed by atoms with Crippen molar-refractivity contribution in [1.29, 1.82) is 0 Å². The monoisotopic (exact) mass is 262 g/mol. The van der Waals surface area contributed by atoms with Gasteiger partial charge in [-0.2, -0.15) is 5.10 Å². The number of fused-ring (bicyclic) bond motifs is 1. The van der Waals surface area contributed by atoms with Crippen LogP contribution < -0.4 is 0 Å². The first-order valence-corrected chi connectivity index (χ1v) is 5.72. The second-order valence-electron chi connectivity index (χ2n) is 4.33. The molecule has 1 amide bonds. The van der Waals surface area contributed by atoms with Crippen molar-refractivity contribution in [2.75, 3.05) is 7.05 Å². The molecular weight excluding hydrogens is 248 g/mol. The van der Waals surface area contributed by atoms with Crippen molar-refractivity contribution < 1.29 is 14.7 Å². The lowest BCUT2D eigenvalue weighted by Crippen LogP contribution is -2.40. The molecule has 7 nitrogen and oxygen atoms in total. The van der Waals surface area contributed by atoms with Crippen LogP contribution in [0.15, 0.2) is 18.5 Å². The van der Waals surface area contributed by atoms with Gasteiger partial charge in [0, 0.05) is 18.9 Å². The number of hydrogen-bond acceptors (Lipinski definition) is 4. The van der Waals surface area contributed by atoms with Crippen LogP contribution >= 0.6 is 0 Å².